The van der Waals surface area contributed by atoms with Gasteiger partial charge in [-0.3, -0.25) is 5.32 Å². The predicted octanol–water partition coefficient (Wildman–Crippen LogP) is 3.10. The highest BCUT2D eigenvalue weighted by Crippen LogP contribution is 2.20. The second kappa shape index (κ2) is 5.70. The van der Waals surface area contributed by atoms with Crippen LogP contribution in [0.15, 0.2) is 24.4 Å². The number of aromatic nitrogens is 1. The van der Waals surface area contributed by atoms with Crippen molar-refractivity contribution >= 4 is 34.2 Å². The van der Waals surface area contributed by atoms with E-state index in [0.717, 1.165) is 4.88 Å². The smallest absolute Gasteiger partial charge is 0.336 e. The number of aryl methyl sites for hydroxylation is 1. The van der Waals surface area contributed by atoms with Gasteiger partial charge in [-0.1, -0.05) is 6.07 Å². The van der Waals surface area contributed by atoms with Crippen molar-refractivity contribution in [3.05, 3.63) is 40.4 Å². The Balaban J connectivity index is 2.12. The number of aromatic carboxylic acids is 1. The van der Waals surface area contributed by atoms with Crippen LogP contribution >= 0.6 is 11.3 Å². The number of urea groups is 1. The molecular formula is C13H13N3O3S. The van der Waals surface area contributed by atoms with Gasteiger partial charge in [-0.2, -0.15) is 0 Å². The van der Waals surface area contributed by atoms with E-state index >= 15 is 0 Å². The van der Waals surface area contributed by atoms with Crippen LogP contribution < -0.4 is 10.6 Å². The maximum atomic E-state index is 11.8. The van der Waals surface area contributed by atoms with E-state index in [1.54, 1.807) is 25.3 Å². The Hall–Kier alpha value is -2.41. The number of amides is 2. The van der Waals surface area contributed by atoms with Crippen LogP contribution in [-0.4, -0.2) is 22.1 Å². The van der Waals surface area contributed by atoms with E-state index in [4.69, 9.17) is 5.11 Å². The van der Waals surface area contributed by atoms with Gasteiger partial charge < -0.3 is 10.4 Å². The van der Waals surface area contributed by atoms with Gasteiger partial charge in [-0.15, -0.1) is 11.3 Å². The fourth-order valence-corrected chi connectivity index (χ4v) is 2.33. The number of rotatable bonds is 3. The highest BCUT2D eigenvalue weighted by atomic mass is 32.1. The van der Waals surface area contributed by atoms with E-state index in [2.05, 4.69) is 15.6 Å². The van der Waals surface area contributed by atoms with Gasteiger partial charge in [0.1, 0.15) is 0 Å². The number of hydrogen-bond donors (Lipinski definition) is 3. The number of carbonyl (C=O) groups is 2. The lowest BCUT2D eigenvalue weighted by atomic mass is 10.1. The number of nitrogens with one attached hydrogen (secondary N) is 2. The zero-order valence-electron chi connectivity index (χ0n) is 10.9. The molecule has 0 aliphatic heterocycles. The number of carbonyl (C=O) groups excluding carboxylic acids is 1. The highest BCUT2D eigenvalue weighted by Gasteiger charge is 2.12. The van der Waals surface area contributed by atoms with E-state index in [1.807, 2.05) is 6.92 Å². The summed E-state index contributed by atoms with van der Waals surface area (Å²) >= 11 is 1.36. The lowest BCUT2D eigenvalue weighted by Crippen LogP contribution is -2.20. The molecule has 0 radical (unpaired) electrons. The van der Waals surface area contributed by atoms with Crippen LogP contribution in [0.25, 0.3) is 0 Å². The Bertz CT molecular complexity index is 667. The Labute approximate surface area is 119 Å². The van der Waals surface area contributed by atoms with Crippen molar-refractivity contribution in [1.82, 2.24) is 4.98 Å². The van der Waals surface area contributed by atoms with E-state index in [1.165, 1.54) is 17.4 Å². The van der Waals surface area contributed by atoms with Crippen LogP contribution in [0.5, 0.6) is 0 Å². The van der Waals surface area contributed by atoms with E-state index < -0.39 is 12.0 Å². The molecule has 104 valence electrons. The van der Waals surface area contributed by atoms with Crippen molar-refractivity contribution in [2.75, 3.05) is 10.6 Å². The van der Waals surface area contributed by atoms with Crippen LogP contribution in [0, 0.1) is 13.8 Å². The summed E-state index contributed by atoms with van der Waals surface area (Å²) in [5, 5.41) is 14.7. The number of benzene rings is 1. The Morgan fingerprint density at radius 3 is 2.60 bits per heavy atom. The van der Waals surface area contributed by atoms with Crippen molar-refractivity contribution in [3.63, 3.8) is 0 Å². The van der Waals surface area contributed by atoms with Crippen LogP contribution in [0.3, 0.4) is 0 Å². The molecule has 0 fully saturated rings. The molecule has 2 rings (SSSR count). The normalized spacial score (nSPS) is 10.1. The summed E-state index contributed by atoms with van der Waals surface area (Å²) in [7, 11) is 0. The third-order valence-electron chi connectivity index (χ3n) is 2.65. The second-order valence-electron chi connectivity index (χ2n) is 4.14. The molecule has 0 spiro atoms. The third kappa shape index (κ3) is 3.12. The first-order valence-corrected chi connectivity index (χ1v) is 6.62. The van der Waals surface area contributed by atoms with Crippen LogP contribution in [0.4, 0.5) is 15.6 Å². The molecule has 0 saturated carbocycles. The minimum Gasteiger partial charge on any atom is -0.478 e. The first-order valence-electron chi connectivity index (χ1n) is 5.80. The summed E-state index contributed by atoms with van der Waals surface area (Å²) in [6.45, 7) is 3.54. The zero-order chi connectivity index (χ0) is 14.7. The molecule has 1 aromatic carbocycles. The SMILES string of the molecule is Cc1cnc(NC(=O)Nc2cccc(C(=O)O)c2C)s1. The summed E-state index contributed by atoms with van der Waals surface area (Å²) in [6, 6.07) is 4.27. The molecule has 20 heavy (non-hydrogen) atoms. The average molecular weight is 291 g/mol. The summed E-state index contributed by atoms with van der Waals surface area (Å²) in [5.74, 6) is -1.03. The van der Waals surface area contributed by atoms with E-state index in [-0.39, 0.29) is 5.56 Å². The number of hydrogen-bond acceptors (Lipinski definition) is 4. The van der Waals surface area contributed by atoms with Gasteiger partial charge in [0.05, 0.1) is 5.56 Å². The minimum atomic E-state index is -1.03. The molecule has 0 aliphatic carbocycles. The quantitative estimate of drug-likeness (QED) is 0.810. The Morgan fingerprint density at radius 1 is 1.25 bits per heavy atom. The average Bonchev–Trinajstić information content (AvgIpc) is 2.77. The fourth-order valence-electron chi connectivity index (χ4n) is 1.67. The fraction of sp³-hybridized carbons (Fsp3) is 0.154. The van der Waals surface area contributed by atoms with Crippen molar-refractivity contribution in [2.24, 2.45) is 0 Å². The number of nitrogens with zero attached hydrogens (tertiary/aromatic N) is 1. The Kier molecular flexibility index (Phi) is 3.99. The van der Waals surface area contributed by atoms with Gasteiger partial charge in [0.25, 0.3) is 0 Å². The molecule has 1 aromatic heterocycles. The van der Waals surface area contributed by atoms with Gasteiger partial charge in [0.15, 0.2) is 5.13 Å². The van der Waals surface area contributed by atoms with Crippen LogP contribution in [0.2, 0.25) is 0 Å². The molecule has 7 heteroatoms. The van der Waals surface area contributed by atoms with Crippen LogP contribution in [0.1, 0.15) is 20.8 Å². The first-order chi connectivity index (χ1) is 9.47. The van der Waals surface area contributed by atoms with E-state index in [0.29, 0.717) is 16.4 Å². The van der Waals surface area contributed by atoms with Gasteiger partial charge in [-0.25, -0.2) is 14.6 Å². The molecular weight excluding hydrogens is 278 g/mol. The van der Waals surface area contributed by atoms with Crippen LogP contribution in [-0.2, 0) is 0 Å². The van der Waals surface area contributed by atoms with Gasteiger partial charge in [-0.05, 0) is 31.5 Å². The second-order valence-corrected chi connectivity index (χ2v) is 5.37. The van der Waals surface area contributed by atoms with Gasteiger partial charge in [0, 0.05) is 16.8 Å². The van der Waals surface area contributed by atoms with Gasteiger partial charge in [0.2, 0.25) is 0 Å². The molecule has 0 saturated heterocycles. The summed E-state index contributed by atoms with van der Waals surface area (Å²) < 4.78 is 0. The monoisotopic (exact) mass is 291 g/mol. The molecule has 0 atom stereocenters. The van der Waals surface area contributed by atoms with Crippen molar-refractivity contribution in [1.29, 1.82) is 0 Å². The molecule has 6 nitrogen and oxygen atoms in total. The van der Waals surface area contributed by atoms with Gasteiger partial charge >= 0.3 is 12.0 Å². The van der Waals surface area contributed by atoms with E-state index in [9.17, 15) is 9.59 Å². The number of carboxylic acid groups (broad SMARTS) is 1. The standard InChI is InChI=1S/C13H13N3O3S/c1-7-6-14-13(20-7)16-12(19)15-10-5-3-4-9(8(10)2)11(17)18/h3-6H,1-2H3,(H,17,18)(H2,14,15,16,19). The van der Waals surface area contributed by atoms with Crippen molar-refractivity contribution in [3.8, 4) is 0 Å². The minimum absolute atomic E-state index is 0.160. The predicted molar refractivity (Wildman–Crippen MR) is 77.6 cm³/mol. The maximum Gasteiger partial charge on any atom is 0.336 e. The molecule has 2 amide bonds. The lowest BCUT2D eigenvalue weighted by molar-refractivity contribution is 0.0696. The molecule has 0 bridgehead atoms. The summed E-state index contributed by atoms with van der Waals surface area (Å²) in [6.07, 6.45) is 1.66. The summed E-state index contributed by atoms with van der Waals surface area (Å²) in [5.41, 5.74) is 1.12. The molecule has 1 heterocycles. The highest BCUT2D eigenvalue weighted by molar-refractivity contribution is 7.15. The number of thiazole rings is 1. The lowest BCUT2D eigenvalue weighted by Gasteiger charge is -2.10. The molecule has 2 aromatic rings. The van der Waals surface area contributed by atoms with Crippen molar-refractivity contribution < 1.29 is 14.7 Å². The topological polar surface area (TPSA) is 91.3 Å². The summed E-state index contributed by atoms with van der Waals surface area (Å²) in [4.78, 5) is 27.8. The molecule has 3 N–H and O–H groups in total. The molecule has 0 unspecified atom stereocenters. The van der Waals surface area contributed by atoms with Crippen molar-refractivity contribution in [2.45, 2.75) is 13.8 Å². The Morgan fingerprint density at radius 2 is 2.00 bits per heavy atom. The third-order valence-corrected chi connectivity index (χ3v) is 3.48. The maximum absolute atomic E-state index is 11.8. The zero-order valence-corrected chi connectivity index (χ0v) is 11.7. The number of anilines is 2. The first kappa shape index (κ1) is 14.0. The largest absolute Gasteiger partial charge is 0.478 e. The number of carboxylic acids is 1. The molecule has 0 aliphatic rings.